The highest BCUT2D eigenvalue weighted by atomic mass is 28.4. The second kappa shape index (κ2) is 8.77. The maximum absolute atomic E-state index is 11.9. The second-order valence-electron chi connectivity index (χ2n) is 10.4. The van der Waals surface area contributed by atoms with E-state index in [-0.39, 0.29) is 10.8 Å². The number of hydrogen-bond donors (Lipinski definition) is 1. The normalized spacial score (nSPS) is 12.1. The van der Waals surface area contributed by atoms with Gasteiger partial charge in [0.05, 0.1) is 0 Å². The van der Waals surface area contributed by atoms with E-state index in [2.05, 4.69) is 58.1 Å². The molecule has 174 valence electrons. The fourth-order valence-corrected chi connectivity index (χ4v) is 5.03. The fraction of sp³-hybridized carbons (Fsp3) is 0.233. The van der Waals surface area contributed by atoms with E-state index < -0.39 is 8.32 Å². The molecule has 4 heteroatoms. The number of carbonyl (C=O) groups excluding carboxylic acids is 1. The topological polar surface area (TPSA) is 52.3 Å². The van der Waals surface area contributed by atoms with Gasteiger partial charge >= 0.3 is 0 Å². The van der Waals surface area contributed by atoms with Crippen molar-refractivity contribution in [3.8, 4) is 28.0 Å². The molecule has 4 rings (SSSR count). The Morgan fingerprint density at radius 2 is 1.29 bits per heavy atom. The number of rotatable bonds is 5. The third kappa shape index (κ3) is 4.26. The van der Waals surface area contributed by atoms with Gasteiger partial charge in [0, 0.05) is 33.2 Å². The average molecular weight is 468 g/mol. The first kappa shape index (κ1) is 23.8. The number of ketones is 1. The molecule has 3 nitrogen and oxygen atoms in total. The Hall–Kier alpha value is -3.37. The van der Waals surface area contributed by atoms with Crippen LogP contribution in [0.25, 0.3) is 33.0 Å². The predicted octanol–water partition coefficient (Wildman–Crippen LogP) is 8.34. The maximum atomic E-state index is 11.9. The first-order valence-electron chi connectivity index (χ1n) is 11.7. The van der Waals surface area contributed by atoms with Crippen molar-refractivity contribution in [3.05, 3.63) is 84.4 Å². The van der Waals surface area contributed by atoms with Gasteiger partial charge in [-0.1, -0.05) is 99.6 Å². The quantitative estimate of drug-likeness (QED) is 0.182. The summed E-state index contributed by atoms with van der Waals surface area (Å²) >= 11 is 0. The van der Waals surface area contributed by atoms with Crippen molar-refractivity contribution in [2.45, 2.75) is 45.8 Å². The maximum Gasteiger partial charge on any atom is 0.250 e. The van der Waals surface area contributed by atoms with Crippen molar-refractivity contribution < 1.29 is 9.22 Å². The fourth-order valence-electron chi connectivity index (χ4n) is 4.00. The molecule has 0 unspecified atom stereocenters. The first-order chi connectivity index (χ1) is 16.0. The third-order valence-electron chi connectivity index (χ3n) is 7.01. The minimum Gasteiger partial charge on any atom is -0.543 e. The molecule has 0 heterocycles. The lowest BCUT2D eigenvalue weighted by Crippen LogP contribution is -2.44. The van der Waals surface area contributed by atoms with Crippen LogP contribution in [0, 0.1) is 0 Å². The molecule has 0 aliphatic carbocycles. The van der Waals surface area contributed by atoms with Crippen LogP contribution in [0.4, 0.5) is 5.69 Å². The SMILES string of the molecule is CC(=O)c1ccc(-c2c(-c3ccccc3)c(N)c3ccccc3c2O[Si](C)(C)C(C)(C)C)cc1. The first-order valence-corrected chi connectivity index (χ1v) is 14.6. The number of nitrogen functional groups attached to an aromatic ring is 1. The Morgan fingerprint density at radius 1 is 0.765 bits per heavy atom. The van der Waals surface area contributed by atoms with Crippen LogP contribution in [-0.4, -0.2) is 14.1 Å². The van der Waals surface area contributed by atoms with E-state index in [1.807, 2.05) is 54.6 Å². The highest BCUT2D eigenvalue weighted by molar-refractivity contribution is 6.75. The van der Waals surface area contributed by atoms with Crippen LogP contribution in [0.1, 0.15) is 38.1 Å². The molecular formula is C30H33NO2Si. The Kier molecular flexibility index (Phi) is 6.13. The molecule has 0 fully saturated rings. The van der Waals surface area contributed by atoms with Gasteiger partial charge in [0.25, 0.3) is 8.32 Å². The van der Waals surface area contributed by atoms with E-state index in [0.717, 1.165) is 44.5 Å². The molecule has 0 saturated heterocycles. The minimum absolute atomic E-state index is 0.0259. The summed E-state index contributed by atoms with van der Waals surface area (Å²) in [5.41, 5.74) is 12.3. The number of Topliss-reactive ketones (excluding diaryl/α,β-unsaturated/α-hetero) is 1. The van der Waals surface area contributed by atoms with Crippen molar-refractivity contribution >= 4 is 30.6 Å². The highest BCUT2D eigenvalue weighted by Crippen LogP contribution is 2.50. The number of nitrogens with two attached hydrogens (primary N) is 1. The van der Waals surface area contributed by atoms with Crippen molar-refractivity contribution in [1.29, 1.82) is 0 Å². The van der Waals surface area contributed by atoms with Crippen LogP contribution in [0.15, 0.2) is 78.9 Å². The Morgan fingerprint density at radius 3 is 1.85 bits per heavy atom. The molecule has 4 aromatic carbocycles. The molecule has 0 amide bonds. The molecule has 2 N–H and O–H groups in total. The summed E-state index contributed by atoms with van der Waals surface area (Å²) in [6, 6.07) is 26.2. The van der Waals surface area contributed by atoms with Crippen LogP contribution in [-0.2, 0) is 0 Å². The summed E-state index contributed by atoms with van der Waals surface area (Å²) in [4.78, 5) is 11.9. The largest absolute Gasteiger partial charge is 0.543 e. The molecule has 0 saturated carbocycles. The Bertz CT molecular complexity index is 1350. The molecule has 0 bridgehead atoms. The summed E-state index contributed by atoms with van der Waals surface area (Å²) in [7, 11) is -2.19. The van der Waals surface area contributed by atoms with Crippen LogP contribution in [0.2, 0.25) is 18.1 Å². The lowest BCUT2D eigenvalue weighted by Gasteiger charge is -2.38. The summed E-state index contributed by atoms with van der Waals surface area (Å²) < 4.78 is 7.08. The standard InChI is InChI=1S/C30H33NO2Si/c1-20(32)21-16-18-23(19-17-21)27-26(22-12-8-7-9-13-22)28(31)24-14-10-11-15-25(24)29(27)33-34(5,6)30(2,3)4/h7-19H,31H2,1-6H3. The predicted molar refractivity (Wildman–Crippen MR) is 147 cm³/mol. The van der Waals surface area contributed by atoms with E-state index in [1.54, 1.807) is 6.92 Å². The van der Waals surface area contributed by atoms with E-state index in [4.69, 9.17) is 10.2 Å². The number of benzene rings is 4. The Labute approximate surface area is 203 Å². The van der Waals surface area contributed by atoms with E-state index in [9.17, 15) is 4.79 Å². The van der Waals surface area contributed by atoms with E-state index >= 15 is 0 Å². The van der Waals surface area contributed by atoms with Gasteiger partial charge in [-0.3, -0.25) is 4.79 Å². The molecule has 0 aliphatic heterocycles. The van der Waals surface area contributed by atoms with Crippen molar-refractivity contribution in [2.24, 2.45) is 0 Å². The third-order valence-corrected chi connectivity index (χ3v) is 11.3. The molecule has 0 spiro atoms. The zero-order valence-electron chi connectivity index (χ0n) is 20.9. The monoisotopic (exact) mass is 467 g/mol. The van der Waals surface area contributed by atoms with Crippen molar-refractivity contribution in [2.75, 3.05) is 5.73 Å². The van der Waals surface area contributed by atoms with E-state index in [1.165, 1.54) is 0 Å². The molecule has 4 aromatic rings. The zero-order valence-corrected chi connectivity index (χ0v) is 21.9. The van der Waals surface area contributed by atoms with Gasteiger partial charge in [-0.05, 0) is 36.2 Å². The van der Waals surface area contributed by atoms with Crippen molar-refractivity contribution in [1.82, 2.24) is 0 Å². The van der Waals surface area contributed by atoms with Crippen LogP contribution < -0.4 is 10.2 Å². The van der Waals surface area contributed by atoms with Gasteiger partial charge in [0.1, 0.15) is 5.75 Å². The number of anilines is 1. The van der Waals surface area contributed by atoms with Gasteiger partial charge in [0.15, 0.2) is 5.78 Å². The molecular weight excluding hydrogens is 434 g/mol. The second-order valence-corrected chi connectivity index (χ2v) is 15.1. The van der Waals surface area contributed by atoms with E-state index in [0.29, 0.717) is 5.56 Å². The van der Waals surface area contributed by atoms with Crippen LogP contribution >= 0.6 is 0 Å². The summed E-state index contributed by atoms with van der Waals surface area (Å²) in [5, 5.41) is 2.02. The summed E-state index contributed by atoms with van der Waals surface area (Å²) in [6.07, 6.45) is 0. The summed E-state index contributed by atoms with van der Waals surface area (Å²) in [5.74, 6) is 0.913. The summed E-state index contributed by atoms with van der Waals surface area (Å²) in [6.45, 7) is 12.9. The van der Waals surface area contributed by atoms with Crippen LogP contribution in [0.3, 0.4) is 0 Å². The molecule has 0 radical (unpaired) electrons. The molecule has 0 aromatic heterocycles. The lowest BCUT2D eigenvalue weighted by molar-refractivity contribution is 0.101. The molecule has 34 heavy (non-hydrogen) atoms. The van der Waals surface area contributed by atoms with Gasteiger partial charge in [-0.25, -0.2) is 0 Å². The lowest BCUT2D eigenvalue weighted by atomic mass is 9.88. The van der Waals surface area contributed by atoms with Crippen molar-refractivity contribution in [3.63, 3.8) is 0 Å². The Balaban J connectivity index is 2.14. The van der Waals surface area contributed by atoms with Gasteiger partial charge in [0.2, 0.25) is 0 Å². The van der Waals surface area contributed by atoms with Gasteiger partial charge in [-0.15, -0.1) is 0 Å². The van der Waals surface area contributed by atoms with Crippen LogP contribution in [0.5, 0.6) is 5.75 Å². The molecule has 0 aliphatic rings. The number of carbonyl (C=O) groups is 1. The molecule has 0 atom stereocenters. The average Bonchev–Trinajstić information content (AvgIpc) is 2.80. The number of fused-ring (bicyclic) bond motifs is 1. The highest BCUT2D eigenvalue weighted by Gasteiger charge is 2.40. The minimum atomic E-state index is -2.19. The van der Waals surface area contributed by atoms with Gasteiger partial charge < -0.3 is 10.2 Å². The number of hydrogen-bond acceptors (Lipinski definition) is 3. The zero-order chi connectivity index (χ0) is 24.7. The smallest absolute Gasteiger partial charge is 0.250 e. The van der Waals surface area contributed by atoms with Gasteiger partial charge in [-0.2, -0.15) is 0 Å².